The largest absolute Gasteiger partial charge is 0.508 e. The second kappa shape index (κ2) is 8.69. The Balaban J connectivity index is 2.20. The number of rotatable bonds is 7. The van der Waals surface area contributed by atoms with Gasteiger partial charge >= 0.3 is 0 Å². The minimum absolute atomic E-state index is 0.295. The number of aryl methyl sites for hydroxylation is 3. The molecule has 2 aromatic rings. The molecule has 0 aliphatic rings. The third-order valence-electron chi connectivity index (χ3n) is 4.71. The van der Waals surface area contributed by atoms with Gasteiger partial charge in [-0.25, -0.2) is 0 Å². The molecule has 0 aromatic heterocycles. The van der Waals surface area contributed by atoms with E-state index in [0.29, 0.717) is 17.8 Å². The molecule has 2 rings (SSSR count). The zero-order valence-corrected chi connectivity index (χ0v) is 16.6. The van der Waals surface area contributed by atoms with Gasteiger partial charge in [0.15, 0.2) is 8.03 Å². The lowest BCUT2D eigenvalue weighted by molar-refractivity contribution is 0.464. The summed E-state index contributed by atoms with van der Waals surface area (Å²) >= 11 is 0. The Morgan fingerprint density at radius 1 is 1.04 bits per heavy atom. The summed E-state index contributed by atoms with van der Waals surface area (Å²) < 4.78 is 10.8. The summed E-state index contributed by atoms with van der Waals surface area (Å²) in [6.07, 6.45) is 2.84. The Morgan fingerprint density at radius 2 is 1.68 bits per heavy atom. The summed E-state index contributed by atoms with van der Waals surface area (Å²) in [7, 11) is -2.36. The highest BCUT2D eigenvalue weighted by Gasteiger charge is 2.10. The molecule has 0 heterocycles. The van der Waals surface area contributed by atoms with Crippen molar-refractivity contribution < 1.29 is 14.6 Å². The van der Waals surface area contributed by atoms with E-state index in [1.54, 1.807) is 6.07 Å². The Kier molecular flexibility index (Phi) is 6.87. The van der Waals surface area contributed by atoms with Gasteiger partial charge in [-0.1, -0.05) is 38.1 Å². The van der Waals surface area contributed by atoms with Gasteiger partial charge in [-0.15, -0.1) is 0 Å². The van der Waals surface area contributed by atoms with Crippen molar-refractivity contribution in [3.05, 3.63) is 63.7 Å². The fourth-order valence-electron chi connectivity index (χ4n) is 3.33. The lowest BCUT2D eigenvalue weighted by Crippen LogP contribution is -2.00. The molecule has 2 aromatic carbocycles. The molecule has 0 saturated carbocycles. The lowest BCUT2D eigenvalue weighted by atomic mass is 9.91. The van der Waals surface area contributed by atoms with Crippen LogP contribution in [0.25, 0.3) is 0 Å². The molecule has 25 heavy (non-hydrogen) atoms. The molecule has 0 radical (unpaired) electrons. The fraction of sp³-hybridized carbons (Fsp3) is 0.429. The maximum atomic E-state index is 10.8. The number of phenols is 1. The Bertz CT molecular complexity index is 743. The topological polar surface area (TPSA) is 57.5 Å². The smallest absolute Gasteiger partial charge is 0.189 e. The van der Waals surface area contributed by atoms with Crippen molar-refractivity contribution >= 4 is 8.03 Å². The average Bonchev–Trinajstić information content (AvgIpc) is 2.51. The minimum Gasteiger partial charge on any atom is -0.508 e. The van der Waals surface area contributed by atoms with Crippen LogP contribution in [0.2, 0.25) is 0 Å². The molecule has 1 atom stereocenters. The van der Waals surface area contributed by atoms with E-state index in [1.165, 1.54) is 27.8 Å². The molecule has 0 bridgehead atoms. The normalized spacial score (nSPS) is 12.6. The second-order valence-electron chi connectivity index (χ2n) is 7.18. The minimum atomic E-state index is -2.36. The van der Waals surface area contributed by atoms with Crippen molar-refractivity contribution in [3.63, 3.8) is 0 Å². The molecule has 0 fully saturated rings. The highest BCUT2D eigenvalue weighted by atomic mass is 31.1. The summed E-state index contributed by atoms with van der Waals surface area (Å²) in [5.41, 5.74) is 7.26. The summed E-state index contributed by atoms with van der Waals surface area (Å²) in [5, 5.41) is 10.0. The molecule has 0 amide bonds. The van der Waals surface area contributed by atoms with Crippen molar-refractivity contribution in [3.8, 4) is 5.75 Å². The highest BCUT2D eigenvalue weighted by molar-refractivity contribution is 7.37. The van der Waals surface area contributed by atoms with Crippen LogP contribution in [-0.4, -0.2) is 16.2 Å². The van der Waals surface area contributed by atoms with Crippen LogP contribution in [0.15, 0.2) is 30.3 Å². The van der Waals surface area contributed by atoms with E-state index in [1.807, 2.05) is 6.07 Å². The van der Waals surface area contributed by atoms with Crippen LogP contribution in [-0.2, 0) is 17.4 Å². The monoisotopic (exact) mass is 360 g/mol. The third-order valence-corrected chi connectivity index (χ3v) is 5.49. The molecule has 0 spiro atoms. The van der Waals surface area contributed by atoms with Gasteiger partial charge in [0.1, 0.15) is 5.75 Å². The van der Waals surface area contributed by atoms with E-state index in [9.17, 15) is 9.67 Å². The van der Waals surface area contributed by atoms with E-state index in [2.05, 4.69) is 45.9 Å². The molecular weight excluding hydrogens is 331 g/mol. The van der Waals surface area contributed by atoms with E-state index >= 15 is 0 Å². The van der Waals surface area contributed by atoms with Crippen molar-refractivity contribution in [1.82, 2.24) is 0 Å². The highest BCUT2D eigenvalue weighted by Crippen LogP contribution is 2.28. The zero-order chi connectivity index (χ0) is 18.6. The first-order chi connectivity index (χ1) is 11.8. The van der Waals surface area contributed by atoms with Crippen molar-refractivity contribution in [1.29, 1.82) is 0 Å². The van der Waals surface area contributed by atoms with Gasteiger partial charge in [-0.3, -0.25) is 4.57 Å². The summed E-state index contributed by atoms with van der Waals surface area (Å²) in [4.78, 5) is 8.96. The van der Waals surface area contributed by atoms with Crippen LogP contribution in [0.1, 0.15) is 59.6 Å². The molecular formula is C21H29O3P. The number of benzene rings is 2. The van der Waals surface area contributed by atoms with Crippen molar-refractivity contribution in [2.75, 3.05) is 6.16 Å². The van der Waals surface area contributed by atoms with E-state index in [4.69, 9.17) is 4.89 Å². The number of hydrogen-bond acceptors (Lipinski definition) is 2. The quantitative estimate of drug-likeness (QED) is 0.674. The molecule has 0 aliphatic carbocycles. The number of aromatic hydroxyl groups is 1. The average molecular weight is 360 g/mol. The molecule has 2 N–H and O–H groups in total. The van der Waals surface area contributed by atoms with Crippen LogP contribution in [0.4, 0.5) is 0 Å². The maximum absolute atomic E-state index is 10.8. The number of hydrogen-bond donors (Lipinski definition) is 2. The molecule has 0 aliphatic heterocycles. The van der Waals surface area contributed by atoms with Crippen LogP contribution in [0.5, 0.6) is 5.75 Å². The summed E-state index contributed by atoms with van der Waals surface area (Å²) in [6, 6.07) is 10.3. The van der Waals surface area contributed by atoms with Gasteiger partial charge in [0.05, 0.1) is 0 Å². The third kappa shape index (κ3) is 5.45. The van der Waals surface area contributed by atoms with Gasteiger partial charge < -0.3 is 10.00 Å². The van der Waals surface area contributed by atoms with Crippen molar-refractivity contribution in [2.24, 2.45) is 0 Å². The Hall–Kier alpha value is -1.57. The fourth-order valence-corrected chi connectivity index (χ4v) is 3.81. The van der Waals surface area contributed by atoms with Gasteiger partial charge in [0.2, 0.25) is 0 Å². The van der Waals surface area contributed by atoms with Crippen molar-refractivity contribution in [2.45, 2.75) is 52.9 Å². The van der Waals surface area contributed by atoms with Gasteiger partial charge in [-0.2, -0.15) is 0 Å². The SMILES string of the molecule is Cc1cc(CCC[PH](=O)O)cc(C)c1Cc1ccc(O)c(C(C)C)c1. The zero-order valence-electron chi connectivity index (χ0n) is 15.6. The van der Waals surface area contributed by atoms with Gasteiger partial charge in [0, 0.05) is 6.16 Å². The first-order valence-corrected chi connectivity index (χ1v) is 10.5. The van der Waals surface area contributed by atoms with E-state index in [0.717, 1.165) is 24.8 Å². The Labute approximate surface area is 151 Å². The Morgan fingerprint density at radius 3 is 2.24 bits per heavy atom. The predicted molar refractivity (Wildman–Crippen MR) is 105 cm³/mol. The summed E-state index contributed by atoms with van der Waals surface area (Å²) in [6.45, 7) is 8.44. The van der Waals surface area contributed by atoms with E-state index in [-0.39, 0.29) is 0 Å². The standard InChI is InChI=1S/C21H29O3P/c1-14(2)19-12-18(7-8-21(19)22)13-20-15(3)10-17(11-16(20)4)6-5-9-25(23)24/h7-8,10-12,14,22,25H,5-6,9,13H2,1-4H3,(H,23,24). The maximum Gasteiger partial charge on any atom is 0.189 e. The first kappa shape index (κ1) is 19.8. The lowest BCUT2D eigenvalue weighted by Gasteiger charge is -2.15. The second-order valence-corrected chi connectivity index (χ2v) is 8.47. The van der Waals surface area contributed by atoms with Crippen LogP contribution >= 0.6 is 8.03 Å². The molecule has 0 saturated heterocycles. The molecule has 136 valence electrons. The number of phenolic OH excluding ortho intramolecular Hbond substituents is 1. The molecule has 1 unspecified atom stereocenters. The van der Waals surface area contributed by atoms with E-state index < -0.39 is 8.03 Å². The van der Waals surface area contributed by atoms with Crippen LogP contribution in [0, 0.1) is 13.8 Å². The predicted octanol–water partition coefficient (Wildman–Crippen LogP) is 5.12. The molecule has 4 heteroatoms. The van der Waals surface area contributed by atoms with Gasteiger partial charge in [-0.05, 0) is 78.5 Å². The van der Waals surface area contributed by atoms with Gasteiger partial charge in [0.25, 0.3) is 0 Å². The van der Waals surface area contributed by atoms with Crippen LogP contribution in [0.3, 0.4) is 0 Å². The van der Waals surface area contributed by atoms with Crippen LogP contribution < -0.4 is 0 Å². The molecule has 3 nitrogen and oxygen atoms in total. The first-order valence-electron chi connectivity index (χ1n) is 8.90. The summed E-state index contributed by atoms with van der Waals surface area (Å²) in [5.74, 6) is 0.661.